The van der Waals surface area contributed by atoms with Crippen LogP contribution in [-0.4, -0.2) is 55.3 Å². The number of ether oxygens (including phenoxy) is 1. The van der Waals surface area contributed by atoms with Gasteiger partial charge in [0.2, 0.25) is 5.95 Å². The van der Waals surface area contributed by atoms with E-state index in [-0.39, 0.29) is 11.8 Å². The zero-order valence-electron chi connectivity index (χ0n) is 10.6. The van der Waals surface area contributed by atoms with E-state index in [0.717, 1.165) is 12.7 Å². The number of nitrogen functional groups attached to an aromatic ring is 1. The van der Waals surface area contributed by atoms with Crippen LogP contribution >= 0.6 is 0 Å². The molecule has 1 aromatic rings. The quantitative estimate of drug-likeness (QED) is 0.340. The fourth-order valence-corrected chi connectivity index (χ4v) is 1.15. The van der Waals surface area contributed by atoms with Gasteiger partial charge in [-0.25, -0.2) is 15.2 Å². The standard InChI is InChI=1S/C10H19FN6O/c1-17(2)4-6-18-5-3-13-9-8(11)7-14-10(15-9)16-12/h7H,3-6,12H2,1-2H3,(H2,13,14,15,16). The van der Waals surface area contributed by atoms with E-state index < -0.39 is 5.82 Å². The maximum atomic E-state index is 13.3. The lowest BCUT2D eigenvalue weighted by Crippen LogP contribution is -2.20. The highest BCUT2D eigenvalue weighted by molar-refractivity contribution is 5.40. The molecule has 1 aromatic heterocycles. The lowest BCUT2D eigenvalue weighted by atomic mass is 10.5. The molecule has 4 N–H and O–H groups in total. The third-order valence-corrected chi connectivity index (χ3v) is 2.09. The first-order chi connectivity index (χ1) is 8.63. The summed E-state index contributed by atoms with van der Waals surface area (Å²) >= 11 is 0. The first-order valence-electron chi connectivity index (χ1n) is 5.59. The van der Waals surface area contributed by atoms with Gasteiger partial charge in [-0.2, -0.15) is 4.98 Å². The number of anilines is 2. The van der Waals surface area contributed by atoms with Crippen molar-refractivity contribution >= 4 is 11.8 Å². The van der Waals surface area contributed by atoms with E-state index in [1.807, 2.05) is 19.0 Å². The summed E-state index contributed by atoms with van der Waals surface area (Å²) in [5.74, 6) is 4.88. The minimum atomic E-state index is -0.526. The largest absolute Gasteiger partial charge is 0.378 e. The Balaban J connectivity index is 2.26. The van der Waals surface area contributed by atoms with Gasteiger partial charge < -0.3 is 15.0 Å². The van der Waals surface area contributed by atoms with E-state index in [1.54, 1.807) is 0 Å². The summed E-state index contributed by atoms with van der Waals surface area (Å²) in [5.41, 5.74) is 2.25. The number of nitrogens with one attached hydrogen (secondary N) is 2. The number of hydrazine groups is 1. The highest BCUT2D eigenvalue weighted by Crippen LogP contribution is 2.10. The summed E-state index contributed by atoms with van der Waals surface area (Å²) in [5, 5.41) is 2.82. The zero-order chi connectivity index (χ0) is 13.4. The maximum absolute atomic E-state index is 13.3. The van der Waals surface area contributed by atoms with Crippen LogP contribution in [0.3, 0.4) is 0 Å². The fourth-order valence-electron chi connectivity index (χ4n) is 1.15. The molecule has 0 atom stereocenters. The Kier molecular flexibility index (Phi) is 6.26. The Hall–Kier alpha value is -1.51. The van der Waals surface area contributed by atoms with Crippen LogP contribution < -0.4 is 16.6 Å². The number of aromatic nitrogens is 2. The minimum Gasteiger partial charge on any atom is -0.378 e. The van der Waals surface area contributed by atoms with Crippen molar-refractivity contribution in [3.05, 3.63) is 12.0 Å². The monoisotopic (exact) mass is 258 g/mol. The van der Waals surface area contributed by atoms with Crippen molar-refractivity contribution in [2.24, 2.45) is 5.84 Å². The predicted molar refractivity (Wildman–Crippen MR) is 67.7 cm³/mol. The molecule has 1 heterocycles. The molecule has 102 valence electrons. The summed E-state index contributed by atoms with van der Waals surface area (Å²) in [6, 6.07) is 0. The molecule has 1 rings (SSSR count). The normalized spacial score (nSPS) is 10.7. The van der Waals surface area contributed by atoms with E-state index in [1.165, 1.54) is 0 Å². The first kappa shape index (κ1) is 14.6. The van der Waals surface area contributed by atoms with Gasteiger partial charge in [0.1, 0.15) is 0 Å². The molecule has 0 aromatic carbocycles. The summed E-state index contributed by atoms with van der Waals surface area (Å²) in [7, 11) is 3.94. The lowest BCUT2D eigenvalue weighted by molar-refractivity contribution is 0.126. The van der Waals surface area contributed by atoms with Crippen molar-refractivity contribution in [1.29, 1.82) is 0 Å². The predicted octanol–water partition coefficient (Wildman–Crippen LogP) is -0.109. The molecule has 18 heavy (non-hydrogen) atoms. The van der Waals surface area contributed by atoms with E-state index in [0.29, 0.717) is 19.8 Å². The van der Waals surface area contributed by atoms with E-state index in [2.05, 4.69) is 20.7 Å². The third-order valence-electron chi connectivity index (χ3n) is 2.09. The molecule has 0 fully saturated rings. The Morgan fingerprint density at radius 2 is 2.22 bits per heavy atom. The number of hydrogen-bond donors (Lipinski definition) is 3. The second-order valence-electron chi connectivity index (χ2n) is 3.88. The number of nitrogens with two attached hydrogens (primary N) is 1. The molecule has 0 saturated heterocycles. The van der Waals surface area contributed by atoms with Gasteiger partial charge in [-0.1, -0.05) is 0 Å². The number of likely N-dealkylation sites (N-methyl/N-ethyl adjacent to an activating group) is 1. The maximum Gasteiger partial charge on any atom is 0.239 e. The van der Waals surface area contributed by atoms with Crippen molar-refractivity contribution in [3.8, 4) is 0 Å². The summed E-state index contributed by atoms with van der Waals surface area (Å²) in [4.78, 5) is 9.50. The lowest BCUT2D eigenvalue weighted by Gasteiger charge is -2.11. The van der Waals surface area contributed by atoms with Crippen LogP contribution in [0, 0.1) is 5.82 Å². The molecule has 0 aliphatic rings. The summed E-state index contributed by atoms with van der Waals surface area (Å²) in [6.07, 6.45) is 1.05. The van der Waals surface area contributed by atoms with Crippen molar-refractivity contribution in [2.45, 2.75) is 0 Å². The van der Waals surface area contributed by atoms with Crippen molar-refractivity contribution in [1.82, 2.24) is 14.9 Å². The zero-order valence-corrected chi connectivity index (χ0v) is 10.6. The molecule has 7 nitrogen and oxygen atoms in total. The average molecular weight is 258 g/mol. The molecule has 0 saturated carbocycles. The smallest absolute Gasteiger partial charge is 0.239 e. The summed E-state index contributed by atoms with van der Waals surface area (Å²) < 4.78 is 18.6. The highest BCUT2D eigenvalue weighted by atomic mass is 19.1. The van der Waals surface area contributed by atoms with Gasteiger partial charge in [0.05, 0.1) is 19.4 Å². The van der Waals surface area contributed by atoms with Gasteiger partial charge in [-0.15, -0.1) is 0 Å². The highest BCUT2D eigenvalue weighted by Gasteiger charge is 2.05. The number of hydrogen-bond acceptors (Lipinski definition) is 7. The van der Waals surface area contributed by atoms with Crippen LogP contribution in [0.25, 0.3) is 0 Å². The molecule has 0 aliphatic heterocycles. The summed E-state index contributed by atoms with van der Waals surface area (Å²) in [6.45, 7) is 2.42. The Bertz CT molecular complexity index is 362. The Labute approximate surface area is 106 Å². The van der Waals surface area contributed by atoms with Crippen molar-refractivity contribution < 1.29 is 9.13 Å². The van der Waals surface area contributed by atoms with Crippen LogP contribution in [0.15, 0.2) is 6.20 Å². The van der Waals surface area contributed by atoms with E-state index >= 15 is 0 Å². The topological polar surface area (TPSA) is 88.3 Å². The van der Waals surface area contributed by atoms with Gasteiger partial charge in [0.15, 0.2) is 11.6 Å². The molecule has 0 unspecified atom stereocenters. The second kappa shape index (κ2) is 7.75. The number of halogens is 1. The van der Waals surface area contributed by atoms with Gasteiger partial charge in [0, 0.05) is 13.1 Å². The second-order valence-corrected chi connectivity index (χ2v) is 3.88. The van der Waals surface area contributed by atoms with Crippen LogP contribution in [-0.2, 0) is 4.74 Å². The molecule has 0 amide bonds. The molecule has 0 bridgehead atoms. The van der Waals surface area contributed by atoms with Gasteiger partial charge in [-0.05, 0) is 14.1 Å². The molecule has 8 heteroatoms. The number of rotatable bonds is 8. The minimum absolute atomic E-state index is 0.106. The molecule has 0 spiro atoms. The Morgan fingerprint density at radius 3 is 2.89 bits per heavy atom. The average Bonchev–Trinajstić information content (AvgIpc) is 2.35. The van der Waals surface area contributed by atoms with Gasteiger partial charge >= 0.3 is 0 Å². The third kappa shape index (κ3) is 5.21. The van der Waals surface area contributed by atoms with Crippen molar-refractivity contribution in [3.63, 3.8) is 0 Å². The van der Waals surface area contributed by atoms with E-state index in [9.17, 15) is 4.39 Å². The number of nitrogens with zero attached hydrogens (tertiary/aromatic N) is 3. The van der Waals surface area contributed by atoms with Crippen LogP contribution in [0.1, 0.15) is 0 Å². The molecular weight excluding hydrogens is 239 g/mol. The van der Waals surface area contributed by atoms with Gasteiger partial charge in [0.25, 0.3) is 0 Å². The fraction of sp³-hybridized carbons (Fsp3) is 0.600. The SMILES string of the molecule is CN(C)CCOCCNc1nc(NN)ncc1F. The van der Waals surface area contributed by atoms with E-state index in [4.69, 9.17) is 10.6 Å². The molecule has 0 aliphatic carbocycles. The van der Waals surface area contributed by atoms with Crippen LogP contribution in [0.5, 0.6) is 0 Å². The van der Waals surface area contributed by atoms with Crippen LogP contribution in [0.2, 0.25) is 0 Å². The molecular formula is C10H19FN6O. The first-order valence-corrected chi connectivity index (χ1v) is 5.59. The van der Waals surface area contributed by atoms with Crippen molar-refractivity contribution in [2.75, 3.05) is 51.1 Å². The van der Waals surface area contributed by atoms with Gasteiger partial charge in [-0.3, -0.25) is 5.43 Å². The Morgan fingerprint density at radius 1 is 1.44 bits per heavy atom. The van der Waals surface area contributed by atoms with Crippen LogP contribution in [0.4, 0.5) is 16.2 Å². The molecule has 0 radical (unpaired) electrons.